The number of hydrogen-bond acceptors (Lipinski definition) is 9. The number of benzene rings is 4. The van der Waals surface area contributed by atoms with Crippen molar-refractivity contribution in [3.8, 4) is 11.5 Å². The molecule has 0 saturated carbocycles. The Hall–Kier alpha value is -5.12. The second-order valence-corrected chi connectivity index (χ2v) is 9.14. The quantitative estimate of drug-likeness (QED) is 0.0997. The van der Waals surface area contributed by atoms with Gasteiger partial charge < -0.3 is 14.3 Å². The average Bonchev–Trinajstić information content (AvgIpc) is 3.04. The first-order valence-electron chi connectivity index (χ1n) is 13.2. The Morgan fingerprint density at radius 3 is 1.55 bits per heavy atom. The van der Waals surface area contributed by atoms with Crippen LogP contribution in [0.15, 0.2) is 109 Å². The highest BCUT2D eigenvalue weighted by molar-refractivity contribution is 6.09. The third-order valence-electron chi connectivity index (χ3n) is 6.13. The lowest BCUT2D eigenvalue weighted by atomic mass is 10.0. The minimum Gasteiger partial charge on any atom is -0.479 e. The van der Waals surface area contributed by atoms with E-state index in [4.69, 9.17) is 19.1 Å². The van der Waals surface area contributed by atoms with Crippen LogP contribution in [0.25, 0.3) is 0 Å². The molecule has 0 bridgehead atoms. The smallest absolute Gasteiger partial charge is 0.367 e. The Labute approximate surface area is 242 Å². The lowest BCUT2D eigenvalue weighted by Crippen LogP contribution is -2.37. The van der Waals surface area contributed by atoms with E-state index in [0.717, 1.165) is 0 Å². The molecule has 42 heavy (non-hydrogen) atoms. The zero-order valence-corrected chi connectivity index (χ0v) is 23.0. The van der Waals surface area contributed by atoms with E-state index in [1.807, 2.05) is 17.8 Å². The maximum atomic E-state index is 12.6. The average molecular weight is 568 g/mol. The summed E-state index contributed by atoms with van der Waals surface area (Å²) >= 11 is 0. The summed E-state index contributed by atoms with van der Waals surface area (Å²) in [5, 5.41) is 0. The number of hydrogen-bond donors (Lipinski definition) is 1. The van der Waals surface area contributed by atoms with Crippen molar-refractivity contribution in [3.05, 3.63) is 131 Å². The SMILES string of the molecule is CCC(Oc1ccc(C(=O)c2ccccc2)cc1)C(=O)ONOC(C)C(=O)Oc1ccc(C(=O)c2ccccc2)cc1. The molecule has 214 valence electrons. The van der Waals surface area contributed by atoms with Gasteiger partial charge in [-0.2, -0.15) is 0 Å². The summed E-state index contributed by atoms with van der Waals surface area (Å²) in [4.78, 5) is 59.9. The molecule has 0 amide bonds. The molecule has 0 heterocycles. The summed E-state index contributed by atoms with van der Waals surface area (Å²) < 4.78 is 11.0. The van der Waals surface area contributed by atoms with Crippen molar-refractivity contribution >= 4 is 23.5 Å². The number of esters is 1. The van der Waals surface area contributed by atoms with Gasteiger partial charge in [-0.05, 0) is 67.5 Å². The summed E-state index contributed by atoms with van der Waals surface area (Å²) in [5.41, 5.74) is 4.07. The van der Waals surface area contributed by atoms with Crippen LogP contribution in [-0.2, 0) is 19.3 Å². The monoisotopic (exact) mass is 567 g/mol. The van der Waals surface area contributed by atoms with Crippen LogP contribution in [-0.4, -0.2) is 35.7 Å². The van der Waals surface area contributed by atoms with Crippen LogP contribution in [0.2, 0.25) is 0 Å². The minimum absolute atomic E-state index is 0.127. The highest BCUT2D eigenvalue weighted by Crippen LogP contribution is 2.19. The van der Waals surface area contributed by atoms with Gasteiger partial charge in [0, 0.05) is 22.3 Å². The Morgan fingerprint density at radius 2 is 1.07 bits per heavy atom. The molecule has 1 N–H and O–H groups in total. The molecule has 2 atom stereocenters. The predicted octanol–water partition coefficient (Wildman–Crippen LogP) is 5.28. The molecule has 4 aromatic rings. The van der Waals surface area contributed by atoms with E-state index >= 15 is 0 Å². The van der Waals surface area contributed by atoms with Crippen LogP contribution in [0.1, 0.15) is 52.1 Å². The molecule has 0 aliphatic rings. The third-order valence-corrected chi connectivity index (χ3v) is 6.13. The van der Waals surface area contributed by atoms with Gasteiger partial charge in [-0.3, -0.25) is 14.4 Å². The fourth-order valence-corrected chi connectivity index (χ4v) is 3.78. The van der Waals surface area contributed by atoms with Crippen LogP contribution in [0.3, 0.4) is 0 Å². The highest BCUT2D eigenvalue weighted by Gasteiger charge is 2.23. The van der Waals surface area contributed by atoms with Gasteiger partial charge in [-0.25, -0.2) is 9.59 Å². The largest absolute Gasteiger partial charge is 0.479 e. The maximum Gasteiger partial charge on any atom is 0.367 e. The number of carbonyl (C=O) groups is 4. The van der Waals surface area contributed by atoms with E-state index < -0.39 is 24.1 Å². The molecule has 0 saturated heterocycles. The minimum atomic E-state index is -1.14. The van der Waals surface area contributed by atoms with E-state index in [-0.39, 0.29) is 23.7 Å². The van der Waals surface area contributed by atoms with Crippen molar-refractivity contribution in [2.75, 3.05) is 0 Å². The van der Waals surface area contributed by atoms with Crippen molar-refractivity contribution in [1.82, 2.24) is 5.64 Å². The van der Waals surface area contributed by atoms with Crippen molar-refractivity contribution in [2.45, 2.75) is 32.5 Å². The number of nitrogens with one attached hydrogen (secondary N) is 1. The molecule has 9 heteroatoms. The second kappa shape index (κ2) is 14.5. The Bertz CT molecular complexity index is 1500. The van der Waals surface area contributed by atoms with Crippen LogP contribution in [0.4, 0.5) is 0 Å². The molecule has 0 aliphatic carbocycles. The summed E-state index contributed by atoms with van der Waals surface area (Å²) in [6.07, 6.45) is -1.83. The van der Waals surface area contributed by atoms with Crippen molar-refractivity contribution in [3.63, 3.8) is 0 Å². The van der Waals surface area contributed by atoms with Gasteiger partial charge in [0.05, 0.1) is 0 Å². The zero-order chi connectivity index (χ0) is 29.9. The fourth-order valence-electron chi connectivity index (χ4n) is 3.78. The van der Waals surface area contributed by atoms with E-state index in [0.29, 0.717) is 28.0 Å². The van der Waals surface area contributed by atoms with Gasteiger partial charge in [0.2, 0.25) is 0 Å². The lowest BCUT2D eigenvalue weighted by molar-refractivity contribution is -0.214. The first-order valence-corrected chi connectivity index (χ1v) is 13.2. The maximum absolute atomic E-state index is 12.6. The first kappa shape index (κ1) is 29.9. The van der Waals surface area contributed by atoms with Gasteiger partial charge in [0.15, 0.2) is 23.8 Å². The lowest BCUT2D eigenvalue weighted by Gasteiger charge is -2.17. The van der Waals surface area contributed by atoms with Crippen LogP contribution >= 0.6 is 0 Å². The molecule has 4 rings (SSSR count). The number of ether oxygens (including phenoxy) is 2. The van der Waals surface area contributed by atoms with E-state index in [9.17, 15) is 19.2 Å². The van der Waals surface area contributed by atoms with Crippen LogP contribution in [0.5, 0.6) is 11.5 Å². The molecule has 9 nitrogen and oxygen atoms in total. The number of carbonyl (C=O) groups excluding carboxylic acids is 4. The van der Waals surface area contributed by atoms with Gasteiger partial charge in [0.1, 0.15) is 11.5 Å². The van der Waals surface area contributed by atoms with E-state index in [1.54, 1.807) is 91.9 Å². The van der Waals surface area contributed by atoms with Crippen molar-refractivity contribution in [2.24, 2.45) is 0 Å². The highest BCUT2D eigenvalue weighted by atomic mass is 16.9. The normalized spacial score (nSPS) is 12.0. The molecule has 0 fully saturated rings. The van der Waals surface area contributed by atoms with E-state index in [1.165, 1.54) is 19.1 Å². The Morgan fingerprint density at radius 1 is 0.619 bits per heavy atom. The molecular weight excluding hydrogens is 538 g/mol. The molecule has 0 radical (unpaired) electrons. The summed E-state index contributed by atoms with van der Waals surface area (Å²) in [6, 6.07) is 30.3. The number of rotatable bonds is 13. The van der Waals surface area contributed by atoms with Crippen molar-refractivity contribution in [1.29, 1.82) is 0 Å². The third kappa shape index (κ3) is 7.97. The molecule has 0 aliphatic heterocycles. The molecule has 0 spiro atoms. The standard InChI is InChI=1S/C33H29NO8/c1-3-29(39-27-18-14-25(15-19-27)30(35)23-10-6-4-7-11-23)33(38)42-34-41-22(2)32(37)40-28-20-16-26(17-21-28)31(36)24-12-8-5-9-13-24/h4-22,29,34H,3H2,1-2H3. The predicted molar refractivity (Wildman–Crippen MR) is 153 cm³/mol. The van der Waals surface area contributed by atoms with Gasteiger partial charge >= 0.3 is 11.9 Å². The molecule has 2 unspecified atom stereocenters. The van der Waals surface area contributed by atoms with Crippen LogP contribution in [0, 0.1) is 0 Å². The number of ketones is 2. The summed E-state index contributed by atoms with van der Waals surface area (Å²) in [6.45, 7) is 3.14. The zero-order valence-electron chi connectivity index (χ0n) is 23.0. The van der Waals surface area contributed by atoms with Gasteiger partial charge in [-0.15, -0.1) is 0 Å². The molecular formula is C33H29NO8. The summed E-state index contributed by atoms with van der Waals surface area (Å²) in [5.74, 6) is -1.22. The first-order chi connectivity index (χ1) is 20.4. The van der Waals surface area contributed by atoms with Gasteiger partial charge in [0.25, 0.3) is 0 Å². The Kier molecular flexibility index (Phi) is 10.3. The second-order valence-electron chi connectivity index (χ2n) is 9.14. The van der Waals surface area contributed by atoms with Gasteiger partial charge in [-0.1, -0.05) is 67.6 Å². The Balaban J connectivity index is 1.22. The molecule has 4 aromatic carbocycles. The van der Waals surface area contributed by atoms with Crippen LogP contribution < -0.4 is 15.1 Å². The topological polar surface area (TPSA) is 117 Å². The van der Waals surface area contributed by atoms with E-state index in [2.05, 4.69) is 0 Å². The fraction of sp³-hybridized carbons (Fsp3) is 0.152. The van der Waals surface area contributed by atoms with Crippen molar-refractivity contribution < 1.29 is 38.3 Å². The summed E-state index contributed by atoms with van der Waals surface area (Å²) in [7, 11) is 0. The molecule has 0 aromatic heterocycles.